The number of aliphatic imine (C=N–C) groups is 1. The second kappa shape index (κ2) is 5.22. The van der Waals surface area contributed by atoms with Crippen molar-refractivity contribution in [2.45, 2.75) is 26.4 Å². The van der Waals surface area contributed by atoms with E-state index in [-0.39, 0.29) is 0 Å². The molecule has 0 radical (unpaired) electrons. The van der Waals surface area contributed by atoms with Gasteiger partial charge in [-0.15, -0.1) is 0 Å². The number of carbonyl (C=O) groups excluding carboxylic acids is 1. The molecule has 0 aliphatic rings. The highest BCUT2D eigenvalue weighted by molar-refractivity contribution is 5.94. The molecule has 0 aliphatic carbocycles. The fraction of sp³-hybridized carbons (Fsp3) is 0.250. The van der Waals surface area contributed by atoms with E-state index >= 15 is 0 Å². The van der Waals surface area contributed by atoms with E-state index in [4.69, 9.17) is 4.74 Å². The Bertz CT molecular complexity index is 624. The highest BCUT2D eigenvalue weighted by atomic mass is 16.6. The Morgan fingerprint density at radius 1 is 1.11 bits per heavy atom. The number of hydrogen-bond donors (Lipinski definition) is 0. The molecule has 1 amide bonds. The number of carbonyl (C=O) groups is 1. The molecule has 0 unspecified atom stereocenters. The summed E-state index contributed by atoms with van der Waals surface area (Å²) in [6, 6.07) is 14.0. The van der Waals surface area contributed by atoms with Crippen LogP contribution in [0, 0.1) is 0 Å². The fourth-order valence-electron chi connectivity index (χ4n) is 1.70. The number of rotatable bonds is 1. The third kappa shape index (κ3) is 3.91. The Morgan fingerprint density at radius 2 is 1.79 bits per heavy atom. The first-order valence-electron chi connectivity index (χ1n) is 6.20. The zero-order valence-electron chi connectivity index (χ0n) is 11.4. The average molecular weight is 255 g/mol. The average Bonchev–Trinajstić information content (AvgIpc) is 2.34. The third-order valence-electron chi connectivity index (χ3n) is 2.49. The van der Waals surface area contributed by atoms with E-state index in [9.17, 15) is 4.79 Å². The van der Waals surface area contributed by atoms with Gasteiger partial charge in [-0.05, 0) is 43.2 Å². The number of ether oxygens (including phenoxy) is 1. The summed E-state index contributed by atoms with van der Waals surface area (Å²) in [5.41, 5.74) is 0.363. The summed E-state index contributed by atoms with van der Waals surface area (Å²) in [5.74, 6) is 0. The van der Waals surface area contributed by atoms with E-state index in [1.165, 1.54) is 6.21 Å². The van der Waals surface area contributed by atoms with Crippen LogP contribution in [-0.4, -0.2) is 17.9 Å². The summed E-state index contributed by atoms with van der Waals surface area (Å²) in [5, 5.41) is 2.28. The third-order valence-corrected chi connectivity index (χ3v) is 2.49. The van der Waals surface area contributed by atoms with E-state index in [1.807, 2.05) is 63.2 Å². The monoisotopic (exact) mass is 255 g/mol. The first-order chi connectivity index (χ1) is 8.94. The summed E-state index contributed by atoms with van der Waals surface area (Å²) in [4.78, 5) is 15.3. The molecule has 2 aromatic carbocycles. The Morgan fingerprint density at radius 3 is 2.47 bits per heavy atom. The summed E-state index contributed by atoms with van der Waals surface area (Å²) in [6.45, 7) is 5.45. The van der Waals surface area contributed by atoms with Gasteiger partial charge in [-0.25, -0.2) is 4.79 Å². The van der Waals surface area contributed by atoms with Crippen molar-refractivity contribution >= 4 is 23.1 Å². The Balaban J connectivity index is 2.15. The van der Waals surface area contributed by atoms with Crippen molar-refractivity contribution in [1.29, 1.82) is 0 Å². The number of amides is 1. The van der Waals surface area contributed by atoms with Gasteiger partial charge < -0.3 is 4.74 Å². The molecule has 2 aromatic rings. The first kappa shape index (κ1) is 13.3. The topological polar surface area (TPSA) is 38.7 Å². The van der Waals surface area contributed by atoms with Crippen LogP contribution in [0.15, 0.2) is 47.5 Å². The van der Waals surface area contributed by atoms with Crippen LogP contribution >= 0.6 is 0 Å². The van der Waals surface area contributed by atoms with Crippen LogP contribution in [0.1, 0.15) is 26.3 Å². The maximum Gasteiger partial charge on any atom is 0.434 e. The first-order valence-corrected chi connectivity index (χ1v) is 6.20. The molecule has 98 valence electrons. The fourth-order valence-corrected chi connectivity index (χ4v) is 1.70. The zero-order chi connectivity index (χ0) is 13.9. The van der Waals surface area contributed by atoms with Crippen LogP contribution in [0.5, 0.6) is 0 Å². The van der Waals surface area contributed by atoms with E-state index in [2.05, 4.69) is 4.99 Å². The van der Waals surface area contributed by atoms with Crippen LogP contribution in [0.4, 0.5) is 4.79 Å². The van der Waals surface area contributed by atoms with Gasteiger partial charge in [0.25, 0.3) is 0 Å². The molecule has 3 nitrogen and oxygen atoms in total. The zero-order valence-corrected chi connectivity index (χ0v) is 11.4. The molecule has 0 spiro atoms. The standard InChI is InChI=1S/C16H17NO2/c1-16(2,3)19-15(18)17-11-12-8-9-13-6-4-5-7-14(13)10-12/h4-11H,1-3H3/b17-11+. The van der Waals surface area contributed by atoms with Crippen molar-refractivity contribution < 1.29 is 9.53 Å². The van der Waals surface area contributed by atoms with Gasteiger partial charge in [0, 0.05) is 6.21 Å². The predicted octanol–water partition coefficient (Wildman–Crippen LogP) is 4.19. The van der Waals surface area contributed by atoms with Crippen molar-refractivity contribution in [2.75, 3.05) is 0 Å². The SMILES string of the molecule is CC(C)(C)OC(=O)/N=C/c1ccc2ccccc2c1. The van der Waals surface area contributed by atoms with Gasteiger partial charge in [0.15, 0.2) is 0 Å². The van der Waals surface area contributed by atoms with Gasteiger partial charge in [-0.2, -0.15) is 4.99 Å². The molecule has 0 heterocycles. The second-order valence-corrected chi connectivity index (χ2v) is 5.35. The Hall–Kier alpha value is -2.16. The molecule has 0 saturated carbocycles. The van der Waals surface area contributed by atoms with Crippen molar-refractivity contribution in [1.82, 2.24) is 0 Å². The lowest BCUT2D eigenvalue weighted by Crippen LogP contribution is -2.21. The minimum absolute atomic E-state index is 0.516. The van der Waals surface area contributed by atoms with Gasteiger partial charge in [0.1, 0.15) is 5.60 Å². The Kier molecular flexibility index (Phi) is 3.65. The molecule has 0 aliphatic heterocycles. The number of benzene rings is 2. The molecule has 0 atom stereocenters. The lowest BCUT2D eigenvalue weighted by Gasteiger charge is -2.17. The van der Waals surface area contributed by atoms with Gasteiger partial charge >= 0.3 is 6.09 Å². The molecule has 0 N–H and O–H groups in total. The van der Waals surface area contributed by atoms with Crippen LogP contribution < -0.4 is 0 Å². The highest BCUT2D eigenvalue weighted by Gasteiger charge is 2.14. The molecule has 0 fully saturated rings. The summed E-state index contributed by atoms with van der Waals surface area (Å²) < 4.78 is 5.11. The van der Waals surface area contributed by atoms with Gasteiger partial charge in [-0.3, -0.25) is 0 Å². The van der Waals surface area contributed by atoms with E-state index < -0.39 is 11.7 Å². The van der Waals surface area contributed by atoms with Crippen LogP contribution in [0.2, 0.25) is 0 Å². The molecule has 2 rings (SSSR count). The molecule has 0 bridgehead atoms. The van der Waals surface area contributed by atoms with Crippen LogP contribution in [0.3, 0.4) is 0 Å². The smallest absolute Gasteiger partial charge is 0.434 e. The maximum absolute atomic E-state index is 11.5. The summed E-state index contributed by atoms with van der Waals surface area (Å²) >= 11 is 0. The van der Waals surface area contributed by atoms with Crippen molar-refractivity contribution in [3.05, 3.63) is 48.0 Å². The largest absolute Gasteiger partial charge is 0.442 e. The lowest BCUT2D eigenvalue weighted by molar-refractivity contribution is 0.0605. The van der Waals surface area contributed by atoms with E-state index in [1.54, 1.807) is 0 Å². The minimum Gasteiger partial charge on any atom is -0.442 e. The maximum atomic E-state index is 11.5. The van der Waals surface area contributed by atoms with E-state index in [0.29, 0.717) is 0 Å². The number of hydrogen-bond acceptors (Lipinski definition) is 2. The number of nitrogens with zero attached hydrogens (tertiary/aromatic N) is 1. The lowest BCUT2D eigenvalue weighted by atomic mass is 10.1. The van der Waals surface area contributed by atoms with Crippen LogP contribution in [-0.2, 0) is 4.74 Å². The highest BCUT2D eigenvalue weighted by Crippen LogP contribution is 2.14. The summed E-state index contributed by atoms with van der Waals surface area (Å²) in [7, 11) is 0. The van der Waals surface area contributed by atoms with Gasteiger partial charge in [-0.1, -0.05) is 36.4 Å². The summed E-state index contributed by atoms with van der Waals surface area (Å²) in [6.07, 6.45) is 0.959. The van der Waals surface area contributed by atoms with Gasteiger partial charge in [0.05, 0.1) is 0 Å². The molecule has 3 heteroatoms. The molecule has 0 saturated heterocycles. The second-order valence-electron chi connectivity index (χ2n) is 5.35. The Labute approximate surface area is 112 Å². The molecule has 19 heavy (non-hydrogen) atoms. The van der Waals surface area contributed by atoms with Crippen LogP contribution in [0.25, 0.3) is 10.8 Å². The molecular formula is C16H17NO2. The minimum atomic E-state index is -0.569. The molecule has 0 aromatic heterocycles. The van der Waals surface area contributed by atoms with Crippen molar-refractivity contribution in [2.24, 2.45) is 4.99 Å². The quantitative estimate of drug-likeness (QED) is 0.716. The predicted molar refractivity (Wildman–Crippen MR) is 77.8 cm³/mol. The molecular weight excluding hydrogens is 238 g/mol. The van der Waals surface area contributed by atoms with Crippen molar-refractivity contribution in [3.8, 4) is 0 Å². The van der Waals surface area contributed by atoms with Gasteiger partial charge in [0.2, 0.25) is 0 Å². The normalized spacial score (nSPS) is 11.9. The number of fused-ring (bicyclic) bond motifs is 1. The van der Waals surface area contributed by atoms with Crippen molar-refractivity contribution in [3.63, 3.8) is 0 Å². The van der Waals surface area contributed by atoms with E-state index in [0.717, 1.165) is 16.3 Å².